The summed E-state index contributed by atoms with van der Waals surface area (Å²) >= 11 is 0. The number of benzene rings is 4. The second-order valence-electron chi connectivity index (χ2n) is 9.91. The van der Waals surface area contributed by atoms with E-state index in [1.165, 1.54) is 36.4 Å². The minimum Gasteiger partial charge on any atom is -0.465 e. The maximum atomic E-state index is 14.1. The van der Waals surface area contributed by atoms with Gasteiger partial charge >= 0.3 is 5.97 Å². The number of rotatable bonds is 13. The van der Waals surface area contributed by atoms with Gasteiger partial charge in [-0.25, -0.2) is 17.9 Å². The van der Waals surface area contributed by atoms with Gasteiger partial charge < -0.3 is 4.74 Å². The second kappa shape index (κ2) is 13.5. The van der Waals surface area contributed by atoms with E-state index >= 15 is 0 Å². The molecule has 0 spiro atoms. The van der Waals surface area contributed by atoms with Crippen molar-refractivity contribution in [3.05, 3.63) is 142 Å². The van der Waals surface area contributed by atoms with Crippen LogP contribution in [0, 0.1) is 17.0 Å². The van der Waals surface area contributed by atoms with E-state index in [1.807, 2.05) is 67.6 Å². The smallest absolute Gasteiger partial charge is 0.328 e. The lowest BCUT2D eigenvalue weighted by molar-refractivity contribution is -0.384. The Bertz CT molecular complexity index is 1600. The molecule has 0 aromatic heterocycles. The van der Waals surface area contributed by atoms with Crippen molar-refractivity contribution in [1.29, 1.82) is 0 Å². The molecule has 4 aromatic carbocycles. The summed E-state index contributed by atoms with van der Waals surface area (Å²) in [5.41, 5.74) is 1.02. The molecule has 9 nitrogen and oxygen atoms in total. The molecule has 10 heteroatoms. The lowest BCUT2D eigenvalue weighted by Crippen LogP contribution is -2.62. The summed E-state index contributed by atoms with van der Waals surface area (Å²) in [5.74, 6) is -0.667. The molecule has 42 heavy (non-hydrogen) atoms. The van der Waals surface area contributed by atoms with Crippen molar-refractivity contribution in [2.24, 2.45) is 0 Å². The third kappa shape index (κ3) is 7.27. The summed E-state index contributed by atoms with van der Waals surface area (Å²) in [6, 6.07) is 29.2. The average Bonchev–Trinajstić information content (AvgIpc) is 2.99. The van der Waals surface area contributed by atoms with Crippen LogP contribution in [0.1, 0.15) is 35.2 Å². The Morgan fingerprint density at radius 2 is 1.45 bits per heavy atom. The number of nitrogens with one attached hydrogen (secondary N) is 2. The number of nitrogens with zero attached hydrogens (tertiary/aromatic N) is 1. The number of nitro benzene ring substituents is 1. The van der Waals surface area contributed by atoms with Crippen LogP contribution in [0.2, 0.25) is 0 Å². The molecule has 2 N–H and O–H groups in total. The van der Waals surface area contributed by atoms with E-state index in [0.29, 0.717) is 5.56 Å². The topological polar surface area (TPSA) is 128 Å². The van der Waals surface area contributed by atoms with Gasteiger partial charge in [0, 0.05) is 25.1 Å². The number of nitro groups is 1. The third-order valence-electron chi connectivity index (χ3n) is 6.95. The molecular formula is C32H33N3O6S. The van der Waals surface area contributed by atoms with Gasteiger partial charge in [-0.3, -0.25) is 15.4 Å². The average molecular weight is 588 g/mol. The van der Waals surface area contributed by atoms with Crippen LogP contribution in [-0.2, 0) is 32.5 Å². The van der Waals surface area contributed by atoms with E-state index in [1.54, 1.807) is 19.1 Å². The Balaban J connectivity index is 1.92. The maximum Gasteiger partial charge on any atom is 0.328 e. The highest BCUT2D eigenvalue weighted by Gasteiger charge is 2.49. The highest BCUT2D eigenvalue weighted by atomic mass is 32.2. The molecule has 0 radical (unpaired) electrons. The van der Waals surface area contributed by atoms with E-state index in [0.717, 1.165) is 16.7 Å². The minimum atomic E-state index is -4.19. The van der Waals surface area contributed by atoms with Crippen LogP contribution in [-0.4, -0.2) is 31.5 Å². The van der Waals surface area contributed by atoms with Gasteiger partial charge in [0.2, 0.25) is 10.0 Å². The van der Waals surface area contributed by atoms with Gasteiger partial charge in [0.1, 0.15) is 5.54 Å². The first-order valence-corrected chi connectivity index (χ1v) is 15.0. The molecule has 218 valence electrons. The lowest BCUT2D eigenvalue weighted by atomic mass is 9.80. The molecule has 0 saturated heterocycles. The van der Waals surface area contributed by atoms with Gasteiger partial charge in [-0.2, -0.15) is 0 Å². The number of non-ortho nitro benzene ring substituents is 1. The molecule has 0 amide bonds. The van der Waals surface area contributed by atoms with Crippen molar-refractivity contribution in [3.8, 4) is 0 Å². The SMILES string of the molecule is CCOC(=O)[C@](Cc1ccccc1)(NCc1ccccc1)[C@@H](NS(=O)(=O)c1ccc(C)cc1)c1ccc([N+](=O)[O-])cc1. The monoisotopic (exact) mass is 587 g/mol. The number of hydrogen-bond donors (Lipinski definition) is 2. The first-order chi connectivity index (χ1) is 20.1. The number of aryl methyl sites for hydroxylation is 1. The number of esters is 1. The van der Waals surface area contributed by atoms with Crippen LogP contribution in [0.5, 0.6) is 0 Å². The molecule has 0 aliphatic rings. The van der Waals surface area contributed by atoms with Gasteiger partial charge in [-0.15, -0.1) is 0 Å². The quantitative estimate of drug-likeness (QED) is 0.124. The van der Waals surface area contributed by atoms with Gasteiger partial charge in [0.05, 0.1) is 22.5 Å². The first-order valence-electron chi connectivity index (χ1n) is 13.5. The standard InChI is InChI=1S/C32H33N3O6S/c1-3-41-31(36)32(22-25-10-6-4-7-11-25,33-23-26-12-8-5-9-13-26)30(27-16-18-28(19-17-27)35(37)38)34-42(39,40)29-20-14-24(2)15-21-29/h4-21,30,33-34H,3,22-23H2,1-2H3/t30-,32+/m0/s1. The molecule has 0 bridgehead atoms. The molecule has 0 saturated carbocycles. The molecular weight excluding hydrogens is 554 g/mol. The fourth-order valence-corrected chi connectivity index (χ4v) is 6.02. The van der Waals surface area contributed by atoms with Crippen LogP contribution in [0.25, 0.3) is 0 Å². The van der Waals surface area contributed by atoms with Crippen LogP contribution < -0.4 is 10.0 Å². The zero-order chi connectivity index (χ0) is 30.2. The molecule has 0 unspecified atom stereocenters. The molecule has 0 aliphatic heterocycles. The largest absolute Gasteiger partial charge is 0.465 e. The Hall–Kier alpha value is -4.38. The van der Waals surface area contributed by atoms with Gasteiger partial charge in [0.25, 0.3) is 5.69 Å². The van der Waals surface area contributed by atoms with Crippen LogP contribution in [0.15, 0.2) is 114 Å². The van der Waals surface area contributed by atoms with Crippen molar-refractivity contribution in [1.82, 2.24) is 10.0 Å². The molecule has 0 heterocycles. The predicted octanol–water partition coefficient (Wildman–Crippen LogP) is 5.26. The summed E-state index contributed by atoms with van der Waals surface area (Å²) in [7, 11) is -4.19. The van der Waals surface area contributed by atoms with Crippen LogP contribution in [0.3, 0.4) is 0 Å². The number of carbonyl (C=O) groups excluding carboxylic acids is 1. The van der Waals surface area contributed by atoms with E-state index in [2.05, 4.69) is 10.0 Å². The number of ether oxygens (including phenoxy) is 1. The molecule has 4 aromatic rings. The molecule has 2 atom stereocenters. The zero-order valence-electron chi connectivity index (χ0n) is 23.4. The van der Waals surface area contributed by atoms with Crippen molar-refractivity contribution in [2.45, 2.75) is 43.3 Å². The number of sulfonamides is 1. The Morgan fingerprint density at radius 1 is 0.881 bits per heavy atom. The summed E-state index contributed by atoms with van der Waals surface area (Å²) in [6.07, 6.45) is 0.0532. The molecule has 4 rings (SSSR count). The van der Waals surface area contributed by atoms with Gasteiger partial charge in [-0.05, 0) is 42.7 Å². The Morgan fingerprint density at radius 3 is 2.00 bits per heavy atom. The third-order valence-corrected chi connectivity index (χ3v) is 8.39. The van der Waals surface area contributed by atoms with Crippen molar-refractivity contribution < 1.29 is 22.9 Å². The maximum absolute atomic E-state index is 14.1. The molecule has 0 fully saturated rings. The molecule has 0 aliphatic carbocycles. The highest BCUT2D eigenvalue weighted by Crippen LogP contribution is 2.34. The first kappa shape index (κ1) is 30.6. The van der Waals surface area contributed by atoms with E-state index in [4.69, 9.17) is 4.74 Å². The number of carbonyl (C=O) groups is 1. The summed E-state index contributed by atoms with van der Waals surface area (Å²) < 4.78 is 36.1. The Kier molecular flexibility index (Phi) is 9.84. The summed E-state index contributed by atoms with van der Waals surface area (Å²) in [5, 5.41) is 14.8. The fraction of sp³-hybridized carbons (Fsp3) is 0.219. The van der Waals surface area contributed by atoms with Crippen molar-refractivity contribution in [2.75, 3.05) is 6.61 Å². The summed E-state index contributed by atoms with van der Waals surface area (Å²) in [4.78, 5) is 25.0. The Labute approximate surface area is 245 Å². The van der Waals surface area contributed by atoms with E-state index in [-0.39, 0.29) is 30.2 Å². The van der Waals surface area contributed by atoms with E-state index in [9.17, 15) is 23.3 Å². The second-order valence-corrected chi connectivity index (χ2v) is 11.6. The van der Waals surface area contributed by atoms with E-state index < -0.39 is 32.5 Å². The van der Waals surface area contributed by atoms with Crippen molar-refractivity contribution >= 4 is 21.7 Å². The minimum absolute atomic E-state index is 0.0144. The normalized spacial score (nSPS) is 13.6. The van der Waals surface area contributed by atoms with Gasteiger partial charge in [-0.1, -0.05) is 90.5 Å². The van der Waals surface area contributed by atoms with Crippen LogP contribution >= 0.6 is 0 Å². The van der Waals surface area contributed by atoms with Gasteiger partial charge in [0.15, 0.2) is 0 Å². The fourth-order valence-electron chi connectivity index (χ4n) is 4.74. The summed E-state index contributed by atoms with van der Waals surface area (Å²) in [6.45, 7) is 3.80. The zero-order valence-corrected chi connectivity index (χ0v) is 24.2. The lowest BCUT2D eigenvalue weighted by Gasteiger charge is -2.40. The van der Waals surface area contributed by atoms with Crippen LogP contribution in [0.4, 0.5) is 5.69 Å². The number of hydrogen-bond acceptors (Lipinski definition) is 7. The van der Waals surface area contributed by atoms with Crippen molar-refractivity contribution in [3.63, 3.8) is 0 Å². The highest BCUT2D eigenvalue weighted by molar-refractivity contribution is 7.89. The predicted molar refractivity (Wildman–Crippen MR) is 160 cm³/mol.